The lowest BCUT2D eigenvalue weighted by molar-refractivity contribution is 0.0897. The van der Waals surface area contributed by atoms with Crippen LogP contribution >= 0.6 is 0 Å². The van der Waals surface area contributed by atoms with Gasteiger partial charge in [-0.15, -0.1) is 0 Å². The van der Waals surface area contributed by atoms with Crippen molar-refractivity contribution in [3.05, 3.63) is 35.1 Å². The summed E-state index contributed by atoms with van der Waals surface area (Å²) in [5.41, 5.74) is 0.802. The summed E-state index contributed by atoms with van der Waals surface area (Å²) in [7, 11) is 0. The maximum Gasteiger partial charge on any atom is 0.254 e. The molecule has 0 bridgehead atoms. The summed E-state index contributed by atoms with van der Waals surface area (Å²) in [5.74, 6) is -0.691. The van der Waals surface area contributed by atoms with Crippen LogP contribution in [-0.4, -0.2) is 23.7 Å². The van der Waals surface area contributed by atoms with Crippen LogP contribution in [0.2, 0.25) is 0 Å². The Bertz CT molecular complexity index is 429. The summed E-state index contributed by atoms with van der Waals surface area (Å²) in [6.45, 7) is 1.96. The number of nitrogens with one attached hydrogen (secondary N) is 1. The van der Waals surface area contributed by atoms with E-state index in [-0.39, 0.29) is 12.1 Å². The zero-order valence-electron chi connectivity index (χ0n) is 9.74. The van der Waals surface area contributed by atoms with Crippen LogP contribution in [0.5, 0.6) is 0 Å². The largest absolute Gasteiger partial charge is 0.391 e. The summed E-state index contributed by atoms with van der Waals surface area (Å²) in [5, 5.41) is 12.1. The second kappa shape index (κ2) is 4.84. The zero-order valence-corrected chi connectivity index (χ0v) is 9.74. The summed E-state index contributed by atoms with van der Waals surface area (Å²) in [4.78, 5) is 11.7. The van der Waals surface area contributed by atoms with Gasteiger partial charge in [0, 0.05) is 6.54 Å². The van der Waals surface area contributed by atoms with Crippen LogP contribution in [0.15, 0.2) is 18.2 Å². The molecule has 1 atom stereocenters. The molecule has 1 amide bonds. The molecule has 0 saturated heterocycles. The second-order valence-corrected chi connectivity index (χ2v) is 4.60. The molecule has 0 spiro atoms. The zero-order chi connectivity index (χ0) is 12.4. The molecule has 0 heterocycles. The predicted octanol–water partition coefficient (Wildman–Crippen LogP) is 1.63. The maximum absolute atomic E-state index is 13.5. The van der Waals surface area contributed by atoms with E-state index in [0.29, 0.717) is 5.92 Å². The Morgan fingerprint density at radius 1 is 1.59 bits per heavy atom. The highest BCUT2D eigenvalue weighted by atomic mass is 19.1. The number of hydrogen-bond acceptors (Lipinski definition) is 2. The van der Waals surface area contributed by atoms with Crippen LogP contribution in [0.4, 0.5) is 4.39 Å². The molecule has 1 saturated carbocycles. The minimum absolute atomic E-state index is 0.0265. The van der Waals surface area contributed by atoms with Crippen LogP contribution in [0.25, 0.3) is 0 Å². The maximum atomic E-state index is 13.5. The van der Waals surface area contributed by atoms with Crippen molar-refractivity contribution in [2.24, 2.45) is 5.92 Å². The van der Waals surface area contributed by atoms with Gasteiger partial charge in [0.15, 0.2) is 0 Å². The molecule has 2 N–H and O–H groups in total. The number of hydrogen-bond donors (Lipinski definition) is 2. The summed E-state index contributed by atoms with van der Waals surface area (Å²) in [6.07, 6.45) is 1.51. The third kappa shape index (κ3) is 3.03. The predicted molar refractivity (Wildman–Crippen MR) is 62.2 cm³/mol. The average Bonchev–Trinajstić information content (AvgIpc) is 3.09. The monoisotopic (exact) mass is 237 g/mol. The second-order valence-electron chi connectivity index (χ2n) is 4.60. The van der Waals surface area contributed by atoms with Crippen LogP contribution in [0.3, 0.4) is 0 Å². The molecule has 1 aromatic rings. The first-order valence-corrected chi connectivity index (χ1v) is 5.80. The fourth-order valence-electron chi connectivity index (χ4n) is 1.74. The first kappa shape index (κ1) is 12.0. The van der Waals surface area contributed by atoms with Crippen molar-refractivity contribution in [3.8, 4) is 0 Å². The Morgan fingerprint density at radius 3 is 2.88 bits per heavy atom. The number of amides is 1. The molecule has 1 aromatic carbocycles. The van der Waals surface area contributed by atoms with Gasteiger partial charge in [-0.25, -0.2) is 4.39 Å². The van der Waals surface area contributed by atoms with Gasteiger partial charge in [0.2, 0.25) is 0 Å². The van der Waals surface area contributed by atoms with Crippen molar-refractivity contribution in [2.75, 3.05) is 6.54 Å². The lowest BCUT2D eigenvalue weighted by Crippen LogP contribution is -2.33. The molecular weight excluding hydrogens is 221 g/mol. The van der Waals surface area contributed by atoms with E-state index >= 15 is 0 Å². The molecule has 2 rings (SSSR count). The van der Waals surface area contributed by atoms with Gasteiger partial charge in [-0.3, -0.25) is 4.79 Å². The van der Waals surface area contributed by atoms with Crippen LogP contribution in [0.1, 0.15) is 28.8 Å². The van der Waals surface area contributed by atoms with Crippen molar-refractivity contribution in [2.45, 2.75) is 25.9 Å². The van der Waals surface area contributed by atoms with Gasteiger partial charge in [0.25, 0.3) is 5.91 Å². The molecule has 0 radical (unpaired) electrons. The van der Waals surface area contributed by atoms with E-state index in [1.807, 2.05) is 0 Å². The summed E-state index contributed by atoms with van der Waals surface area (Å²) >= 11 is 0. The lowest BCUT2D eigenvalue weighted by atomic mass is 10.1. The van der Waals surface area contributed by atoms with Gasteiger partial charge in [-0.1, -0.05) is 6.07 Å². The Hall–Kier alpha value is -1.42. The highest BCUT2D eigenvalue weighted by Gasteiger charge is 2.29. The Labute approximate surface area is 99.7 Å². The topological polar surface area (TPSA) is 49.3 Å². The van der Waals surface area contributed by atoms with E-state index in [9.17, 15) is 14.3 Å². The number of halogens is 1. The van der Waals surface area contributed by atoms with Crippen molar-refractivity contribution >= 4 is 5.91 Å². The quantitative estimate of drug-likeness (QED) is 0.836. The smallest absolute Gasteiger partial charge is 0.254 e. The Kier molecular flexibility index (Phi) is 3.43. The summed E-state index contributed by atoms with van der Waals surface area (Å²) in [6, 6.07) is 4.48. The standard InChI is InChI=1S/C13H16FNO2/c1-8-2-5-10(11(14)6-8)13(17)15-7-12(16)9-3-4-9/h2,5-6,9,12,16H,3-4,7H2,1H3,(H,15,17). The third-order valence-electron chi connectivity index (χ3n) is 3.01. The summed E-state index contributed by atoms with van der Waals surface area (Å²) < 4.78 is 13.5. The number of rotatable bonds is 4. The first-order chi connectivity index (χ1) is 8.08. The number of aryl methyl sites for hydroxylation is 1. The van der Waals surface area contributed by atoms with Crippen molar-refractivity contribution in [3.63, 3.8) is 0 Å². The van der Waals surface area contributed by atoms with E-state index < -0.39 is 17.8 Å². The average molecular weight is 237 g/mol. The van der Waals surface area contributed by atoms with Crippen LogP contribution < -0.4 is 5.32 Å². The molecule has 17 heavy (non-hydrogen) atoms. The number of aliphatic hydroxyl groups is 1. The van der Waals surface area contributed by atoms with Crippen molar-refractivity contribution in [1.29, 1.82) is 0 Å². The number of carbonyl (C=O) groups excluding carboxylic acids is 1. The SMILES string of the molecule is Cc1ccc(C(=O)NCC(O)C2CC2)c(F)c1. The van der Waals surface area contributed by atoms with Crippen molar-refractivity contribution in [1.82, 2.24) is 5.32 Å². The van der Waals surface area contributed by atoms with Gasteiger partial charge in [-0.05, 0) is 43.4 Å². The van der Waals surface area contributed by atoms with Gasteiger partial charge < -0.3 is 10.4 Å². The number of carbonyl (C=O) groups is 1. The molecule has 1 unspecified atom stereocenters. The van der Waals surface area contributed by atoms with Gasteiger partial charge in [0.05, 0.1) is 11.7 Å². The van der Waals surface area contributed by atoms with Crippen LogP contribution in [0, 0.1) is 18.7 Å². The molecule has 1 fully saturated rings. The van der Waals surface area contributed by atoms with E-state index in [1.165, 1.54) is 12.1 Å². The van der Waals surface area contributed by atoms with E-state index in [2.05, 4.69) is 5.32 Å². The minimum atomic E-state index is -0.525. The fourth-order valence-corrected chi connectivity index (χ4v) is 1.74. The van der Waals surface area contributed by atoms with Crippen LogP contribution in [-0.2, 0) is 0 Å². The molecule has 0 aliphatic heterocycles. The fraction of sp³-hybridized carbons (Fsp3) is 0.462. The van der Waals surface area contributed by atoms with Gasteiger partial charge in [0.1, 0.15) is 5.82 Å². The minimum Gasteiger partial charge on any atom is -0.391 e. The number of benzene rings is 1. The Morgan fingerprint density at radius 2 is 2.29 bits per heavy atom. The van der Waals surface area contributed by atoms with Gasteiger partial charge in [-0.2, -0.15) is 0 Å². The molecule has 92 valence electrons. The number of aliphatic hydroxyl groups excluding tert-OH is 1. The molecule has 0 aromatic heterocycles. The molecule has 1 aliphatic rings. The molecule has 4 heteroatoms. The normalized spacial score (nSPS) is 16.6. The van der Waals surface area contributed by atoms with Crippen molar-refractivity contribution < 1.29 is 14.3 Å². The molecular formula is C13H16FNO2. The van der Waals surface area contributed by atoms with E-state index in [4.69, 9.17) is 0 Å². The first-order valence-electron chi connectivity index (χ1n) is 5.80. The highest BCUT2D eigenvalue weighted by Crippen LogP contribution is 2.32. The van der Waals surface area contributed by atoms with Gasteiger partial charge >= 0.3 is 0 Å². The van der Waals surface area contributed by atoms with E-state index in [0.717, 1.165) is 18.4 Å². The van der Waals surface area contributed by atoms with E-state index in [1.54, 1.807) is 13.0 Å². The molecule has 1 aliphatic carbocycles. The lowest BCUT2D eigenvalue weighted by Gasteiger charge is -2.11. The molecule has 3 nitrogen and oxygen atoms in total. The highest BCUT2D eigenvalue weighted by molar-refractivity contribution is 5.94. The Balaban J connectivity index is 1.94. The third-order valence-corrected chi connectivity index (χ3v) is 3.01.